The van der Waals surface area contributed by atoms with Crippen molar-refractivity contribution < 1.29 is 4.74 Å². The van der Waals surface area contributed by atoms with Crippen molar-refractivity contribution in [2.45, 2.75) is 52.1 Å². The Hall–Kier alpha value is -0.860. The van der Waals surface area contributed by atoms with Crippen LogP contribution in [0.25, 0.3) is 0 Å². The van der Waals surface area contributed by atoms with E-state index < -0.39 is 0 Å². The molecule has 0 radical (unpaired) electrons. The Kier molecular flexibility index (Phi) is 7.70. The molecule has 18 heavy (non-hydrogen) atoms. The fraction of sp³-hybridized carbons (Fsp3) is 0.625. The third-order valence-corrected chi connectivity index (χ3v) is 3.23. The monoisotopic (exact) mass is 249 g/mol. The summed E-state index contributed by atoms with van der Waals surface area (Å²) >= 11 is 0. The number of benzene rings is 1. The first-order valence-corrected chi connectivity index (χ1v) is 7.16. The van der Waals surface area contributed by atoms with Crippen molar-refractivity contribution in [1.82, 2.24) is 0 Å². The fourth-order valence-electron chi connectivity index (χ4n) is 2.01. The van der Waals surface area contributed by atoms with Crippen LogP contribution in [0.15, 0.2) is 24.3 Å². The molecule has 1 aromatic rings. The number of hydrogen-bond acceptors (Lipinski definition) is 2. The molecule has 102 valence electrons. The van der Waals surface area contributed by atoms with E-state index in [9.17, 15) is 0 Å². The van der Waals surface area contributed by atoms with Gasteiger partial charge in [-0.05, 0) is 18.9 Å². The van der Waals surface area contributed by atoms with Crippen LogP contribution >= 0.6 is 0 Å². The number of nitrogens with two attached hydrogens (primary N) is 1. The summed E-state index contributed by atoms with van der Waals surface area (Å²) in [5.74, 6) is 0. The Labute approximate surface area is 112 Å². The van der Waals surface area contributed by atoms with Crippen LogP contribution in [0.4, 0.5) is 0 Å². The highest BCUT2D eigenvalue weighted by molar-refractivity contribution is 5.23. The topological polar surface area (TPSA) is 35.2 Å². The van der Waals surface area contributed by atoms with Crippen molar-refractivity contribution in [1.29, 1.82) is 0 Å². The lowest BCUT2D eigenvalue weighted by Crippen LogP contribution is -2.16. The van der Waals surface area contributed by atoms with E-state index in [0.29, 0.717) is 6.54 Å². The number of unbranched alkanes of at least 4 members (excludes halogenated alkanes) is 4. The quantitative estimate of drug-likeness (QED) is 0.672. The van der Waals surface area contributed by atoms with Crippen LogP contribution in [-0.2, 0) is 4.74 Å². The Bertz CT molecular complexity index is 307. The second-order valence-electron chi connectivity index (χ2n) is 4.92. The molecule has 1 atom stereocenters. The number of hydrogen-bond donors (Lipinski definition) is 1. The van der Waals surface area contributed by atoms with E-state index in [0.717, 1.165) is 13.0 Å². The molecule has 0 aliphatic heterocycles. The second kappa shape index (κ2) is 9.12. The standard InChI is InChI=1S/C16H27NO/c1-3-4-5-6-7-12-18-16(13-17)15-10-8-14(2)9-11-15/h8-11,16H,3-7,12-13,17H2,1-2H3. The lowest BCUT2D eigenvalue weighted by molar-refractivity contribution is 0.0558. The van der Waals surface area contributed by atoms with Gasteiger partial charge in [-0.3, -0.25) is 0 Å². The molecule has 0 aliphatic rings. The van der Waals surface area contributed by atoms with E-state index in [1.807, 2.05) is 0 Å². The van der Waals surface area contributed by atoms with Crippen molar-refractivity contribution >= 4 is 0 Å². The summed E-state index contributed by atoms with van der Waals surface area (Å²) in [5.41, 5.74) is 8.24. The third kappa shape index (κ3) is 5.65. The van der Waals surface area contributed by atoms with Crippen LogP contribution in [0.3, 0.4) is 0 Å². The molecule has 0 saturated carbocycles. The number of aryl methyl sites for hydroxylation is 1. The third-order valence-electron chi connectivity index (χ3n) is 3.23. The minimum Gasteiger partial charge on any atom is -0.372 e. The van der Waals surface area contributed by atoms with E-state index in [4.69, 9.17) is 10.5 Å². The summed E-state index contributed by atoms with van der Waals surface area (Å²) in [6.45, 7) is 5.70. The van der Waals surface area contributed by atoms with Gasteiger partial charge in [0.2, 0.25) is 0 Å². The maximum absolute atomic E-state index is 5.87. The number of ether oxygens (including phenoxy) is 1. The van der Waals surface area contributed by atoms with Gasteiger partial charge >= 0.3 is 0 Å². The van der Waals surface area contributed by atoms with Gasteiger partial charge in [-0.25, -0.2) is 0 Å². The van der Waals surface area contributed by atoms with E-state index >= 15 is 0 Å². The Balaban J connectivity index is 2.27. The largest absolute Gasteiger partial charge is 0.372 e. The lowest BCUT2D eigenvalue weighted by Gasteiger charge is -2.16. The van der Waals surface area contributed by atoms with E-state index in [1.165, 1.54) is 36.8 Å². The molecule has 0 saturated heterocycles. The Morgan fingerprint density at radius 2 is 1.72 bits per heavy atom. The lowest BCUT2D eigenvalue weighted by atomic mass is 10.1. The van der Waals surface area contributed by atoms with Crippen molar-refractivity contribution in [2.75, 3.05) is 13.2 Å². The maximum atomic E-state index is 5.87. The molecule has 0 aliphatic carbocycles. The van der Waals surface area contributed by atoms with Crippen LogP contribution in [0.2, 0.25) is 0 Å². The highest BCUT2D eigenvalue weighted by atomic mass is 16.5. The second-order valence-corrected chi connectivity index (χ2v) is 4.92. The zero-order valence-corrected chi connectivity index (χ0v) is 11.8. The van der Waals surface area contributed by atoms with Crippen molar-refractivity contribution in [3.63, 3.8) is 0 Å². The fourth-order valence-corrected chi connectivity index (χ4v) is 2.01. The molecule has 2 N–H and O–H groups in total. The molecular weight excluding hydrogens is 222 g/mol. The van der Waals surface area contributed by atoms with Crippen LogP contribution < -0.4 is 5.73 Å². The zero-order valence-electron chi connectivity index (χ0n) is 11.8. The highest BCUT2D eigenvalue weighted by Gasteiger charge is 2.09. The minimum absolute atomic E-state index is 0.0526. The normalized spacial score (nSPS) is 12.6. The van der Waals surface area contributed by atoms with Crippen molar-refractivity contribution in [3.05, 3.63) is 35.4 Å². The molecule has 2 nitrogen and oxygen atoms in total. The highest BCUT2D eigenvalue weighted by Crippen LogP contribution is 2.17. The summed E-state index contributed by atoms with van der Waals surface area (Å²) in [5, 5.41) is 0. The SMILES string of the molecule is CCCCCCCOC(CN)c1ccc(C)cc1. The summed E-state index contributed by atoms with van der Waals surface area (Å²) in [6, 6.07) is 8.46. The molecule has 0 heterocycles. The number of rotatable bonds is 9. The maximum Gasteiger partial charge on any atom is 0.0947 e. The van der Waals surface area contributed by atoms with Gasteiger partial charge in [-0.2, -0.15) is 0 Å². The van der Waals surface area contributed by atoms with Gasteiger partial charge < -0.3 is 10.5 Å². The van der Waals surface area contributed by atoms with Gasteiger partial charge in [0.05, 0.1) is 6.10 Å². The zero-order chi connectivity index (χ0) is 13.2. The van der Waals surface area contributed by atoms with Crippen molar-refractivity contribution in [3.8, 4) is 0 Å². The summed E-state index contributed by atoms with van der Waals surface area (Å²) in [6.07, 6.45) is 6.39. The Morgan fingerprint density at radius 1 is 1.06 bits per heavy atom. The van der Waals surface area contributed by atoms with E-state index in [1.54, 1.807) is 0 Å². The van der Waals surface area contributed by atoms with Gasteiger partial charge in [-0.1, -0.05) is 62.4 Å². The summed E-state index contributed by atoms with van der Waals surface area (Å²) in [7, 11) is 0. The predicted molar refractivity (Wildman–Crippen MR) is 77.7 cm³/mol. The average Bonchev–Trinajstić information content (AvgIpc) is 2.39. The first-order chi connectivity index (χ1) is 8.77. The predicted octanol–water partition coefficient (Wildman–Crippen LogP) is 3.98. The average molecular weight is 249 g/mol. The minimum atomic E-state index is 0.0526. The summed E-state index contributed by atoms with van der Waals surface area (Å²) in [4.78, 5) is 0. The van der Waals surface area contributed by atoms with Gasteiger partial charge in [0.15, 0.2) is 0 Å². The molecule has 0 bridgehead atoms. The summed E-state index contributed by atoms with van der Waals surface area (Å²) < 4.78 is 5.87. The molecule has 2 heteroatoms. The van der Waals surface area contributed by atoms with Crippen LogP contribution in [0, 0.1) is 6.92 Å². The first kappa shape index (κ1) is 15.2. The molecule has 0 spiro atoms. The van der Waals surface area contributed by atoms with Gasteiger partial charge in [0, 0.05) is 13.2 Å². The molecular formula is C16H27NO. The molecule has 0 fully saturated rings. The van der Waals surface area contributed by atoms with Gasteiger partial charge in [-0.15, -0.1) is 0 Å². The molecule has 1 unspecified atom stereocenters. The molecule has 1 rings (SSSR count). The molecule has 0 aromatic heterocycles. The van der Waals surface area contributed by atoms with Crippen LogP contribution in [0.1, 0.15) is 56.3 Å². The first-order valence-electron chi connectivity index (χ1n) is 7.16. The smallest absolute Gasteiger partial charge is 0.0947 e. The Morgan fingerprint density at radius 3 is 2.33 bits per heavy atom. The van der Waals surface area contributed by atoms with Crippen LogP contribution in [-0.4, -0.2) is 13.2 Å². The van der Waals surface area contributed by atoms with E-state index in [-0.39, 0.29) is 6.10 Å². The molecule has 1 aromatic carbocycles. The van der Waals surface area contributed by atoms with Gasteiger partial charge in [0.1, 0.15) is 0 Å². The van der Waals surface area contributed by atoms with E-state index in [2.05, 4.69) is 38.1 Å². The molecule has 0 amide bonds. The van der Waals surface area contributed by atoms with Crippen LogP contribution in [0.5, 0.6) is 0 Å². The van der Waals surface area contributed by atoms with Crippen molar-refractivity contribution in [2.24, 2.45) is 5.73 Å². The van der Waals surface area contributed by atoms with Gasteiger partial charge in [0.25, 0.3) is 0 Å².